The highest BCUT2D eigenvalue weighted by atomic mass is 32.1. The van der Waals surface area contributed by atoms with Crippen LogP contribution in [-0.4, -0.2) is 48.6 Å². The molecule has 0 bridgehead atoms. The van der Waals surface area contributed by atoms with Crippen molar-refractivity contribution in [2.45, 2.75) is 52.9 Å². The van der Waals surface area contributed by atoms with Gasteiger partial charge in [-0.15, -0.1) is 11.3 Å². The van der Waals surface area contributed by atoms with E-state index in [9.17, 15) is 9.59 Å². The summed E-state index contributed by atoms with van der Waals surface area (Å²) in [6, 6.07) is 8.50. The van der Waals surface area contributed by atoms with E-state index in [4.69, 9.17) is 4.99 Å². The summed E-state index contributed by atoms with van der Waals surface area (Å²) in [7, 11) is 0. The van der Waals surface area contributed by atoms with Crippen molar-refractivity contribution in [1.29, 1.82) is 0 Å². The van der Waals surface area contributed by atoms with Gasteiger partial charge < -0.3 is 4.90 Å². The second kappa shape index (κ2) is 8.23. The molecule has 1 aromatic heterocycles. The lowest BCUT2D eigenvalue weighted by Crippen LogP contribution is -2.42. The van der Waals surface area contributed by atoms with E-state index in [0.717, 1.165) is 58.2 Å². The van der Waals surface area contributed by atoms with Crippen molar-refractivity contribution in [1.82, 2.24) is 4.90 Å². The number of anilines is 1. The third-order valence-electron chi connectivity index (χ3n) is 6.30. The van der Waals surface area contributed by atoms with Crippen LogP contribution in [0.5, 0.6) is 0 Å². The summed E-state index contributed by atoms with van der Waals surface area (Å²) in [6.07, 6.45) is 2.08. The van der Waals surface area contributed by atoms with Crippen LogP contribution < -0.4 is 4.90 Å². The highest BCUT2D eigenvalue weighted by Gasteiger charge is 2.32. The molecule has 0 saturated carbocycles. The number of amides is 2. The van der Waals surface area contributed by atoms with Crippen molar-refractivity contribution in [3.8, 4) is 0 Å². The number of aryl methyl sites for hydroxylation is 1. The van der Waals surface area contributed by atoms with Crippen molar-refractivity contribution in [3.05, 3.63) is 51.4 Å². The van der Waals surface area contributed by atoms with E-state index in [1.165, 1.54) is 5.56 Å². The minimum absolute atomic E-state index is 0.0264. The molecule has 2 aliphatic rings. The Labute approximate surface area is 188 Å². The van der Waals surface area contributed by atoms with E-state index < -0.39 is 0 Å². The number of nitrogens with zero attached hydrogens (tertiary/aromatic N) is 3. The molecule has 1 saturated heterocycles. The molecule has 1 fully saturated rings. The average Bonchev–Trinajstić information content (AvgIpc) is 3.33. The topological polar surface area (TPSA) is 53.0 Å². The third-order valence-corrected chi connectivity index (χ3v) is 7.53. The van der Waals surface area contributed by atoms with Crippen molar-refractivity contribution in [2.24, 2.45) is 4.99 Å². The first-order valence-corrected chi connectivity index (χ1v) is 11.8. The Bertz CT molecular complexity index is 1040. The van der Waals surface area contributed by atoms with E-state index in [2.05, 4.69) is 58.9 Å². The van der Waals surface area contributed by atoms with Crippen LogP contribution in [0.2, 0.25) is 0 Å². The molecule has 4 rings (SSSR count). The molecule has 2 aromatic rings. The summed E-state index contributed by atoms with van der Waals surface area (Å²) >= 11 is 1.59. The van der Waals surface area contributed by atoms with Gasteiger partial charge in [0.05, 0.1) is 5.71 Å². The first-order valence-electron chi connectivity index (χ1n) is 11.0. The highest BCUT2D eigenvalue weighted by Crippen LogP contribution is 2.39. The summed E-state index contributed by atoms with van der Waals surface area (Å²) < 4.78 is 0. The van der Waals surface area contributed by atoms with Gasteiger partial charge in [-0.3, -0.25) is 19.5 Å². The Morgan fingerprint density at radius 1 is 1.10 bits per heavy atom. The summed E-state index contributed by atoms with van der Waals surface area (Å²) in [4.78, 5) is 35.4. The molecule has 1 aromatic carbocycles. The van der Waals surface area contributed by atoms with E-state index in [1.807, 2.05) is 4.90 Å². The van der Waals surface area contributed by atoms with Gasteiger partial charge in [0, 0.05) is 29.1 Å². The van der Waals surface area contributed by atoms with Gasteiger partial charge in [0.25, 0.3) is 0 Å². The van der Waals surface area contributed by atoms with Crippen LogP contribution in [0.1, 0.15) is 60.7 Å². The maximum Gasteiger partial charge on any atom is 0.249 e. The summed E-state index contributed by atoms with van der Waals surface area (Å²) in [5.74, 6) is -0.0881. The minimum Gasteiger partial charge on any atom is -0.341 e. The summed E-state index contributed by atoms with van der Waals surface area (Å²) in [6.45, 7) is 12.5. The molecule has 0 atom stereocenters. The van der Waals surface area contributed by atoms with Crippen LogP contribution in [0.4, 0.5) is 5.00 Å². The SMILES string of the molecule is Cc1sc2c(c1C)C(c1ccc(C(C)(C)C)cc1)=NCC(=O)N2CC(=O)N1CCCC1. The molecule has 2 amide bonds. The number of carbonyl (C=O) groups is 2. The first kappa shape index (κ1) is 21.8. The molecule has 0 spiro atoms. The fourth-order valence-corrected chi connectivity index (χ4v) is 5.40. The van der Waals surface area contributed by atoms with E-state index >= 15 is 0 Å². The van der Waals surface area contributed by atoms with Gasteiger partial charge in [0.2, 0.25) is 11.8 Å². The van der Waals surface area contributed by atoms with Gasteiger partial charge in [-0.2, -0.15) is 0 Å². The molecule has 6 heteroatoms. The number of fused-ring (bicyclic) bond motifs is 1. The molecule has 0 aliphatic carbocycles. The van der Waals surface area contributed by atoms with Crippen molar-refractivity contribution >= 4 is 33.9 Å². The minimum atomic E-state index is -0.114. The lowest BCUT2D eigenvalue weighted by molar-refractivity contribution is -0.130. The Balaban J connectivity index is 1.73. The standard InChI is InChI=1S/C25H31N3O2S/c1-16-17(2)31-24-22(16)23(18-8-10-19(11-9-18)25(3,4)5)26-14-20(29)28(24)15-21(30)27-12-6-7-13-27/h8-11H,6-7,12-15H2,1-5H3. The molecular formula is C25H31N3O2S. The maximum absolute atomic E-state index is 13.1. The molecule has 5 nitrogen and oxygen atoms in total. The number of hydrogen-bond donors (Lipinski definition) is 0. The second-order valence-electron chi connectivity index (χ2n) is 9.52. The lowest BCUT2D eigenvalue weighted by Gasteiger charge is -2.23. The van der Waals surface area contributed by atoms with Gasteiger partial charge >= 0.3 is 0 Å². The van der Waals surface area contributed by atoms with Crippen LogP contribution in [0.25, 0.3) is 0 Å². The van der Waals surface area contributed by atoms with E-state index in [-0.39, 0.29) is 30.3 Å². The third kappa shape index (κ3) is 4.18. The van der Waals surface area contributed by atoms with Crippen LogP contribution in [0, 0.1) is 13.8 Å². The molecule has 0 radical (unpaired) electrons. The zero-order valence-electron chi connectivity index (χ0n) is 19.1. The summed E-state index contributed by atoms with van der Waals surface area (Å²) in [5, 5.41) is 0.851. The van der Waals surface area contributed by atoms with E-state index in [0.29, 0.717) is 0 Å². The number of hydrogen-bond acceptors (Lipinski definition) is 4. The van der Waals surface area contributed by atoms with Gasteiger partial charge in [-0.1, -0.05) is 45.0 Å². The second-order valence-corrected chi connectivity index (χ2v) is 10.7. The Hall–Kier alpha value is -2.47. The number of rotatable bonds is 3. The fraction of sp³-hybridized carbons (Fsp3) is 0.480. The van der Waals surface area contributed by atoms with Crippen LogP contribution in [0.15, 0.2) is 29.3 Å². The highest BCUT2D eigenvalue weighted by molar-refractivity contribution is 7.17. The Morgan fingerprint density at radius 3 is 2.35 bits per heavy atom. The Morgan fingerprint density at radius 2 is 1.74 bits per heavy atom. The molecule has 0 N–H and O–H groups in total. The van der Waals surface area contributed by atoms with Gasteiger partial charge in [0.1, 0.15) is 18.1 Å². The van der Waals surface area contributed by atoms with Crippen LogP contribution >= 0.6 is 11.3 Å². The lowest BCUT2D eigenvalue weighted by atomic mass is 9.86. The number of benzene rings is 1. The quantitative estimate of drug-likeness (QED) is 0.711. The fourth-order valence-electron chi connectivity index (χ4n) is 4.23. The van der Waals surface area contributed by atoms with Crippen molar-refractivity contribution < 1.29 is 9.59 Å². The first-order chi connectivity index (χ1) is 14.7. The van der Waals surface area contributed by atoms with Crippen molar-refractivity contribution in [2.75, 3.05) is 31.1 Å². The molecule has 164 valence electrons. The average molecular weight is 438 g/mol. The molecule has 31 heavy (non-hydrogen) atoms. The number of aliphatic imine (C=N–C) groups is 1. The molecule has 2 aliphatic heterocycles. The zero-order valence-corrected chi connectivity index (χ0v) is 19.9. The number of thiophene rings is 1. The largest absolute Gasteiger partial charge is 0.341 e. The van der Waals surface area contributed by atoms with Crippen molar-refractivity contribution in [3.63, 3.8) is 0 Å². The van der Waals surface area contributed by atoms with Gasteiger partial charge in [-0.05, 0) is 43.2 Å². The molecule has 0 unspecified atom stereocenters. The van der Waals surface area contributed by atoms with Gasteiger partial charge in [0.15, 0.2) is 0 Å². The monoisotopic (exact) mass is 437 g/mol. The number of carbonyl (C=O) groups excluding carboxylic acids is 2. The zero-order chi connectivity index (χ0) is 22.3. The van der Waals surface area contributed by atoms with Crippen LogP contribution in [0.3, 0.4) is 0 Å². The van der Waals surface area contributed by atoms with E-state index in [1.54, 1.807) is 16.2 Å². The predicted molar refractivity (Wildman–Crippen MR) is 128 cm³/mol. The predicted octanol–water partition coefficient (Wildman–Crippen LogP) is 4.47. The summed E-state index contributed by atoms with van der Waals surface area (Å²) in [5.41, 5.74) is 5.32. The maximum atomic E-state index is 13.1. The number of likely N-dealkylation sites (tertiary alicyclic amines) is 1. The Kier molecular flexibility index (Phi) is 5.77. The molecule has 3 heterocycles. The van der Waals surface area contributed by atoms with Gasteiger partial charge in [-0.25, -0.2) is 0 Å². The molecular weight excluding hydrogens is 406 g/mol. The smallest absolute Gasteiger partial charge is 0.249 e. The van der Waals surface area contributed by atoms with Crippen LogP contribution in [-0.2, 0) is 15.0 Å². The normalized spacial score (nSPS) is 16.9.